The molecule has 0 saturated carbocycles. The highest BCUT2D eigenvalue weighted by Gasteiger charge is 2.17. The number of hydrogen-bond donors (Lipinski definition) is 1. The quantitative estimate of drug-likeness (QED) is 0.785. The van der Waals surface area contributed by atoms with E-state index in [1.165, 1.54) is 11.4 Å². The molecule has 16 heavy (non-hydrogen) atoms. The van der Waals surface area contributed by atoms with Crippen LogP contribution in [0.2, 0.25) is 0 Å². The average Bonchev–Trinajstić information content (AvgIpc) is 2.73. The van der Waals surface area contributed by atoms with Crippen LogP contribution in [0, 0.1) is 0 Å². The van der Waals surface area contributed by atoms with Crippen LogP contribution in [0.4, 0.5) is 0 Å². The lowest BCUT2D eigenvalue weighted by molar-refractivity contribution is 0.453. The molecule has 0 amide bonds. The largest absolute Gasteiger partial charge is 0.333 e. The summed E-state index contributed by atoms with van der Waals surface area (Å²) in [6, 6.07) is 10.6. The smallest absolute Gasteiger partial charge is 0.109 e. The second kappa shape index (κ2) is 3.76. The van der Waals surface area contributed by atoms with Crippen molar-refractivity contribution < 1.29 is 0 Å². The van der Waals surface area contributed by atoms with Crippen molar-refractivity contribution in [3.05, 3.63) is 42.4 Å². The molecule has 2 aromatic rings. The summed E-state index contributed by atoms with van der Waals surface area (Å²) in [5.74, 6) is 1.17. The van der Waals surface area contributed by atoms with Crippen molar-refractivity contribution in [2.45, 2.75) is 25.4 Å². The third-order valence-corrected chi connectivity index (χ3v) is 3.10. The molecule has 3 heteroatoms. The van der Waals surface area contributed by atoms with Crippen LogP contribution < -0.4 is 5.73 Å². The standard InChI is InChI=1S/C13H15N3/c14-11-6-7-13-15-12(9-16(13)8-11)10-4-2-1-3-5-10/h1-5,9,11H,6-8,14H2/t11-/m0/s1. The van der Waals surface area contributed by atoms with Gasteiger partial charge in [-0.25, -0.2) is 4.98 Å². The van der Waals surface area contributed by atoms with Crippen LogP contribution in [0.3, 0.4) is 0 Å². The van der Waals surface area contributed by atoms with Crippen molar-refractivity contribution in [1.82, 2.24) is 9.55 Å². The van der Waals surface area contributed by atoms with E-state index in [4.69, 9.17) is 5.73 Å². The second-order valence-corrected chi connectivity index (χ2v) is 4.36. The minimum atomic E-state index is 0.283. The first-order chi connectivity index (χ1) is 7.83. The average molecular weight is 213 g/mol. The molecular weight excluding hydrogens is 198 g/mol. The van der Waals surface area contributed by atoms with Crippen molar-refractivity contribution in [2.75, 3.05) is 0 Å². The van der Waals surface area contributed by atoms with Crippen LogP contribution >= 0.6 is 0 Å². The van der Waals surface area contributed by atoms with E-state index < -0.39 is 0 Å². The van der Waals surface area contributed by atoms with Gasteiger partial charge in [-0.15, -0.1) is 0 Å². The van der Waals surface area contributed by atoms with Crippen LogP contribution in [0.25, 0.3) is 11.3 Å². The van der Waals surface area contributed by atoms with E-state index >= 15 is 0 Å². The molecule has 1 atom stereocenters. The summed E-state index contributed by atoms with van der Waals surface area (Å²) in [5.41, 5.74) is 8.19. The van der Waals surface area contributed by atoms with Gasteiger partial charge in [0, 0.05) is 30.8 Å². The molecule has 0 spiro atoms. The molecule has 0 radical (unpaired) electrons. The molecule has 0 saturated heterocycles. The first-order valence-electron chi connectivity index (χ1n) is 5.70. The van der Waals surface area contributed by atoms with E-state index in [0.717, 1.165) is 25.1 Å². The number of hydrogen-bond acceptors (Lipinski definition) is 2. The Kier molecular flexibility index (Phi) is 2.26. The monoisotopic (exact) mass is 213 g/mol. The van der Waals surface area contributed by atoms with Gasteiger partial charge in [0.1, 0.15) is 5.82 Å². The zero-order chi connectivity index (χ0) is 11.0. The highest BCUT2D eigenvalue weighted by atomic mass is 15.1. The number of nitrogens with zero attached hydrogens (tertiary/aromatic N) is 2. The van der Waals surface area contributed by atoms with Gasteiger partial charge in [0.05, 0.1) is 5.69 Å². The van der Waals surface area contributed by atoms with Gasteiger partial charge < -0.3 is 10.3 Å². The number of benzene rings is 1. The van der Waals surface area contributed by atoms with Crippen LogP contribution in [-0.2, 0) is 13.0 Å². The molecule has 0 bridgehead atoms. The van der Waals surface area contributed by atoms with E-state index in [9.17, 15) is 0 Å². The molecule has 3 rings (SSSR count). The Morgan fingerprint density at radius 3 is 2.88 bits per heavy atom. The molecule has 2 heterocycles. The van der Waals surface area contributed by atoms with Gasteiger partial charge >= 0.3 is 0 Å². The number of rotatable bonds is 1. The Balaban J connectivity index is 1.99. The lowest BCUT2D eigenvalue weighted by atomic mass is 10.1. The van der Waals surface area contributed by atoms with Crippen molar-refractivity contribution in [3.63, 3.8) is 0 Å². The molecule has 1 aromatic heterocycles. The van der Waals surface area contributed by atoms with Crippen molar-refractivity contribution in [1.29, 1.82) is 0 Å². The summed E-state index contributed by atoms with van der Waals surface area (Å²) >= 11 is 0. The zero-order valence-corrected chi connectivity index (χ0v) is 9.13. The molecule has 3 nitrogen and oxygen atoms in total. The molecule has 1 aliphatic rings. The van der Waals surface area contributed by atoms with Crippen LogP contribution in [-0.4, -0.2) is 15.6 Å². The van der Waals surface area contributed by atoms with E-state index in [2.05, 4.69) is 27.9 Å². The molecule has 0 aliphatic carbocycles. The van der Waals surface area contributed by atoms with Gasteiger partial charge in [-0.3, -0.25) is 0 Å². The normalized spacial score (nSPS) is 19.4. The SMILES string of the molecule is N[C@H]1CCc2nc(-c3ccccc3)cn2C1. The first kappa shape index (κ1) is 9.60. The molecule has 0 unspecified atom stereocenters. The highest BCUT2D eigenvalue weighted by molar-refractivity contribution is 5.58. The first-order valence-corrected chi connectivity index (χ1v) is 5.70. The van der Waals surface area contributed by atoms with Gasteiger partial charge in [0.25, 0.3) is 0 Å². The Hall–Kier alpha value is -1.61. The maximum absolute atomic E-state index is 5.95. The lowest BCUT2D eigenvalue weighted by Crippen LogP contribution is -2.31. The van der Waals surface area contributed by atoms with Crippen molar-refractivity contribution >= 4 is 0 Å². The van der Waals surface area contributed by atoms with Gasteiger partial charge in [-0.05, 0) is 6.42 Å². The topological polar surface area (TPSA) is 43.8 Å². The molecular formula is C13H15N3. The third-order valence-electron chi connectivity index (χ3n) is 3.10. The maximum atomic E-state index is 5.95. The molecule has 82 valence electrons. The molecule has 1 aromatic carbocycles. The predicted molar refractivity (Wildman–Crippen MR) is 64.0 cm³/mol. The Morgan fingerprint density at radius 2 is 2.06 bits per heavy atom. The lowest BCUT2D eigenvalue weighted by Gasteiger charge is -2.19. The number of imidazole rings is 1. The van der Waals surface area contributed by atoms with E-state index in [1.807, 2.05) is 18.2 Å². The highest BCUT2D eigenvalue weighted by Crippen LogP contribution is 2.21. The van der Waals surface area contributed by atoms with Gasteiger partial charge in [0.15, 0.2) is 0 Å². The zero-order valence-electron chi connectivity index (χ0n) is 9.13. The molecule has 0 fully saturated rings. The predicted octanol–water partition coefficient (Wildman–Crippen LogP) is 1.82. The Morgan fingerprint density at radius 1 is 1.25 bits per heavy atom. The summed E-state index contributed by atoms with van der Waals surface area (Å²) in [4.78, 5) is 4.66. The fourth-order valence-corrected chi connectivity index (χ4v) is 2.22. The minimum Gasteiger partial charge on any atom is -0.333 e. The molecule has 2 N–H and O–H groups in total. The summed E-state index contributed by atoms with van der Waals surface area (Å²) in [5, 5.41) is 0. The van der Waals surface area contributed by atoms with Crippen LogP contribution in [0.5, 0.6) is 0 Å². The number of aromatic nitrogens is 2. The van der Waals surface area contributed by atoms with Gasteiger partial charge in [-0.2, -0.15) is 0 Å². The Labute approximate surface area is 94.9 Å². The van der Waals surface area contributed by atoms with E-state index in [1.54, 1.807) is 0 Å². The number of fused-ring (bicyclic) bond motifs is 1. The number of nitrogens with two attached hydrogens (primary N) is 1. The summed E-state index contributed by atoms with van der Waals surface area (Å²) in [7, 11) is 0. The molecule has 1 aliphatic heterocycles. The second-order valence-electron chi connectivity index (χ2n) is 4.36. The van der Waals surface area contributed by atoms with Crippen molar-refractivity contribution in [3.8, 4) is 11.3 Å². The fraction of sp³-hybridized carbons (Fsp3) is 0.308. The number of aryl methyl sites for hydroxylation is 1. The van der Waals surface area contributed by atoms with Gasteiger partial charge in [0.2, 0.25) is 0 Å². The van der Waals surface area contributed by atoms with E-state index in [-0.39, 0.29) is 6.04 Å². The minimum absolute atomic E-state index is 0.283. The van der Waals surface area contributed by atoms with Crippen LogP contribution in [0.15, 0.2) is 36.5 Å². The van der Waals surface area contributed by atoms with Crippen LogP contribution in [0.1, 0.15) is 12.2 Å². The summed E-state index contributed by atoms with van der Waals surface area (Å²) in [6.45, 7) is 0.898. The Bertz CT molecular complexity index is 487. The summed E-state index contributed by atoms with van der Waals surface area (Å²) in [6.07, 6.45) is 4.16. The van der Waals surface area contributed by atoms with Gasteiger partial charge in [-0.1, -0.05) is 30.3 Å². The third kappa shape index (κ3) is 1.63. The fourth-order valence-electron chi connectivity index (χ4n) is 2.22. The summed E-state index contributed by atoms with van der Waals surface area (Å²) < 4.78 is 2.19. The van der Waals surface area contributed by atoms with Crippen molar-refractivity contribution in [2.24, 2.45) is 5.73 Å². The maximum Gasteiger partial charge on any atom is 0.109 e. The van der Waals surface area contributed by atoms with E-state index in [0.29, 0.717) is 0 Å².